The van der Waals surface area contributed by atoms with E-state index < -0.39 is 0 Å². The Morgan fingerprint density at radius 3 is 2.50 bits per heavy atom. The number of hydrogen-bond acceptors (Lipinski definition) is 3. The molecule has 0 amide bonds. The van der Waals surface area contributed by atoms with Gasteiger partial charge in [0, 0.05) is 26.2 Å². The minimum Gasteiger partial charge on any atom is -0.469 e. The van der Waals surface area contributed by atoms with Crippen molar-refractivity contribution in [3.63, 3.8) is 0 Å². The van der Waals surface area contributed by atoms with Crippen molar-refractivity contribution < 1.29 is 9.53 Å². The first-order valence-electron chi connectivity index (χ1n) is 8.69. The van der Waals surface area contributed by atoms with Gasteiger partial charge in [-0.2, -0.15) is 0 Å². The number of nitrogens with one attached hydrogen (secondary N) is 1. The molecule has 1 N–H and O–H groups in total. The summed E-state index contributed by atoms with van der Waals surface area (Å²) < 4.78 is 4.86. The molecule has 0 bridgehead atoms. The standard InChI is InChI=1S/C17H31N3O2/c1-4-18-16(19-13-17(2)9-5-6-10-17)20-11-7-14(8-12-20)15(21)22-3/h14H,4-13H2,1-3H3,(H,18,19). The largest absolute Gasteiger partial charge is 0.469 e. The first kappa shape index (κ1) is 17.1. The Bertz CT molecular complexity index is 395. The molecule has 0 unspecified atom stereocenters. The lowest BCUT2D eigenvalue weighted by molar-refractivity contribution is -0.146. The zero-order valence-electron chi connectivity index (χ0n) is 14.4. The van der Waals surface area contributed by atoms with Crippen molar-refractivity contribution in [2.75, 3.05) is 33.3 Å². The Balaban J connectivity index is 1.92. The zero-order valence-corrected chi connectivity index (χ0v) is 14.4. The molecule has 22 heavy (non-hydrogen) atoms. The number of methoxy groups -OCH3 is 1. The highest BCUT2D eigenvalue weighted by atomic mass is 16.5. The number of hydrogen-bond donors (Lipinski definition) is 1. The fraction of sp³-hybridized carbons (Fsp3) is 0.882. The lowest BCUT2D eigenvalue weighted by Crippen LogP contribution is -2.47. The Labute approximate surface area is 134 Å². The molecule has 1 saturated carbocycles. The Morgan fingerprint density at radius 2 is 1.95 bits per heavy atom. The summed E-state index contributed by atoms with van der Waals surface area (Å²) in [5, 5.41) is 3.41. The van der Waals surface area contributed by atoms with Crippen molar-refractivity contribution in [2.24, 2.45) is 16.3 Å². The highest BCUT2D eigenvalue weighted by molar-refractivity contribution is 5.80. The van der Waals surface area contributed by atoms with Crippen molar-refractivity contribution in [1.29, 1.82) is 0 Å². The third-order valence-corrected chi connectivity index (χ3v) is 5.09. The van der Waals surface area contributed by atoms with E-state index in [0.717, 1.165) is 45.0 Å². The quantitative estimate of drug-likeness (QED) is 0.492. The maximum absolute atomic E-state index is 11.6. The zero-order chi connectivity index (χ0) is 16.0. The third-order valence-electron chi connectivity index (χ3n) is 5.09. The molecule has 0 radical (unpaired) electrons. The number of esters is 1. The molecule has 1 aliphatic carbocycles. The van der Waals surface area contributed by atoms with Gasteiger partial charge in [-0.25, -0.2) is 0 Å². The van der Waals surface area contributed by atoms with Gasteiger partial charge in [-0.15, -0.1) is 0 Å². The fourth-order valence-corrected chi connectivity index (χ4v) is 3.57. The molecule has 2 fully saturated rings. The molecular weight excluding hydrogens is 278 g/mol. The molecule has 0 atom stereocenters. The summed E-state index contributed by atoms with van der Waals surface area (Å²) in [6.45, 7) is 8.01. The minimum absolute atomic E-state index is 0.0523. The molecule has 1 heterocycles. The van der Waals surface area contributed by atoms with Gasteiger partial charge in [0.05, 0.1) is 13.0 Å². The fourth-order valence-electron chi connectivity index (χ4n) is 3.57. The van der Waals surface area contributed by atoms with E-state index in [1.165, 1.54) is 32.8 Å². The molecule has 0 aromatic rings. The van der Waals surface area contributed by atoms with Crippen LogP contribution in [0.3, 0.4) is 0 Å². The van der Waals surface area contributed by atoms with Crippen LogP contribution >= 0.6 is 0 Å². The highest BCUT2D eigenvalue weighted by Crippen LogP contribution is 2.37. The smallest absolute Gasteiger partial charge is 0.308 e. The van der Waals surface area contributed by atoms with Gasteiger partial charge in [-0.05, 0) is 38.0 Å². The summed E-state index contributed by atoms with van der Waals surface area (Å²) in [7, 11) is 1.47. The number of carbonyl (C=O) groups excluding carboxylic acids is 1. The van der Waals surface area contributed by atoms with Crippen LogP contribution in [-0.4, -0.2) is 50.1 Å². The lowest BCUT2D eigenvalue weighted by atomic mass is 9.89. The van der Waals surface area contributed by atoms with Crippen LogP contribution in [0.15, 0.2) is 4.99 Å². The van der Waals surface area contributed by atoms with E-state index in [0.29, 0.717) is 5.41 Å². The Hall–Kier alpha value is -1.26. The number of aliphatic imine (C=N–C) groups is 1. The van der Waals surface area contributed by atoms with Crippen LogP contribution in [0.1, 0.15) is 52.4 Å². The van der Waals surface area contributed by atoms with Crippen molar-refractivity contribution in [3.05, 3.63) is 0 Å². The molecule has 0 spiro atoms. The first-order valence-corrected chi connectivity index (χ1v) is 8.69. The first-order chi connectivity index (χ1) is 10.6. The second-order valence-corrected chi connectivity index (χ2v) is 6.97. The number of ether oxygens (including phenoxy) is 1. The van der Waals surface area contributed by atoms with E-state index in [1.54, 1.807) is 0 Å². The molecule has 0 aromatic heterocycles. The van der Waals surface area contributed by atoms with Gasteiger partial charge >= 0.3 is 5.97 Å². The van der Waals surface area contributed by atoms with Crippen LogP contribution in [0.5, 0.6) is 0 Å². The number of likely N-dealkylation sites (tertiary alicyclic amines) is 1. The van der Waals surface area contributed by atoms with E-state index in [9.17, 15) is 4.79 Å². The van der Waals surface area contributed by atoms with Gasteiger partial charge in [-0.1, -0.05) is 19.8 Å². The van der Waals surface area contributed by atoms with E-state index in [1.807, 2.05) is 0 Å². The van der Waals surface area contributed by atoms with Crippen LogP contribution in [-0.2, 0) is 9.53 Å². The number of rotatable bonds is 4. The lowest BCUT2D eigenvalue weighted by Gasteiger charge is -2.33. The van der Waals surface area contributed by atoms with Gasteiger partial charge in [-0.3, -0.25) is 9.79 Å². The normalized spacial score (nSPS) is 22.7. The van der Waals surface area contributed by atoms with E-state index in [4.69, 9.17) is 9.73 Å². The third kappa shape index (κ3) is 4.37. The van der Waals surface area contributed by atoms with Crippen molar-refractivity contribution in [1.82, 2.24) is 10.2 Å². The second kappa shape index (κ2) is 7.84. The summed E-state index contributed by atoms with van der Waals surface area (Å²) in [4.78, 5) is 18.8. The van der Waals surface area contributed by atoms with Gasteiger partial charge in [0.2, 0.25) is 0 Å². The predicted octanol–water partition coefficient (Wildman–Crippen LogP) is 2.42. The molecule has 5 nitrogen and oxygen atoms in total. The maximum Gasteiger partial charge on any atom is 0.308 e. The average molecular weight is 309 g/mol. The molecule has 126 valence electrons. The molecule has 0 aromatic carbocycles. The minimum atomic E-state index is -0.0694. The monoisotopic (exact) mass is 309 g/mol. The SMILES string of the molecule is CCNC(=NCC1(C)CCCC1)N1CCC(C(=O)OC)CC1. The van der Waals surface area contributed by atoms with Crippen LogP contribution < -0.4 is 5.32 Å². The van der Waals surface area contributed by atoms with Gasteiger partial charge < -0.3 is 15.0 Å². The molecule has 1 saturated heterocycles. The predicted molar refractivity (Wildman–Crippen MR) is 88.9 cm³/mol. The van der Waals surface area contributed by atoms with Gasteiger partial charge in [0.15, 0.2) is 5.96 Å². The number of piperidine rings is 1. The topological polar surface area (TPSA) is 53.9 Å². The van der Waals surface area contributed by atoms with Gasteiger partial charge in [0.1, 0.15) is 0 Å². The number of carbonyl (C=O) groups is 1. The summed E-state index contributed by atoms with van der Waals surface area (Å²) in [5.41, 5.74) is 0.380. The van der Waals surface area contributed by atoms with Crippen LogP contribution in [0, 0.1) is 11.3 Å². The second-order valence-electron chi connectivity index (χ2n) is 6.97. The average Bonchev–Trinajstić information content (AvgIpc) is 2.98. The Kier molecular flexibility index (Phi) is 6.09. The maximum atomic E-state index is 11.6. The summed E-state index contributed by atoms with van der Waals surface area (Å²) in [5.74, 6) is 0.996. The summed E-state index contributed by atoms with van der Waals surface area (Å²) >= 11 is 0. The highest BCUT2D eigenvalue weighted by Gasteiger charge is 2.30. The van der Waals surface area contributed by atoms with Crippen LogP contribution in [0.4, 0.5) is 0 Å². The van der Waals surface area contributed by atoms with Crippen molar-refractivity contribution >= 4 is 11.9 Å². The summed E-state index contributed by atoms with van der Waals surface area (Å²) in [6, 6.07) is 0. The Morgan fingerprint density at radius 1 is 1.32 bits per heavy atom. The van der Waals surface area contributed by atoms with E-state index >= 15 is 0 Å². The molecule has 5 heteroatoms. The van der Waals surface area contributed by atoms with Crippen LogP contribution in [0.25, 0.3) is 0 Å². The molecule has 2 aliphatic rings. The van der Waals surface area contributed by atoms with Gasteiger partial charge in [0.25, 0.3) is 0 Å². The number of nitrogens with zero attached hydrogens (tertiary/aromatic N) is 2. The van der Waals surface area contributed by atoms with E-state index in [2.05, 4.69) is 24.1 Å². The van der Waals surface area contributed by atoms with E-state index in [-0.39, 0.29) is 11.9 Å². The number of guanidine groups is 1. The van der Waals surface area contributed by atoms with Crippen LogP contribution in [0.2, 0.25) is 0 Å². The molecule has 2 rings (SSSR count). The molecular formula is C17H31N3O2. The van der Waals surface area contributed by atoms with Crippen molar-refractivity contribution in [2.45, 2.75) is 52.4 Å². The van der Waals surface area contributed by atoms with Crippen molar-refractivity contribution in [3.8, 4) is 0 Å². The molecule has 1 aliphatic heterocycles. The summed E-state index contributed by atoms with van der Waals surface area (Å²) in [6.07, 6.45) is 6.98.